The number of hydrogen-bond acceptors (Lipinski definition) is 4. The molecule has 1 aromatic carbocycles. The highest BCUT2D eigenvalue weighted by Crippen LogP contribution is 2.28. The van der Waals surface area contributed by atoms with Crippen LogP contribution < -0.4 is 5.73 Å². The monoisotopic (exact) mass is 350 g/mol. The molecule has 1 amide bonds. The minimum Gasteiger partial charge on any atom is -0.384 e. The molecule has 2 N–H and O–H groups in total. The van der Waals surface area contributed by atoms with Crippen molar-refractivity contribution in [2.75, 3.05) is 25.4 Å². The summed E-state index contributed by atoms with van der Waals surface area (Å²) in [6, 6.07) is 13.5. The van der Waals surface area contributed by atoms with Gasteiger partial charge in [0, 0.05) is 30.2 Å². The van der Waals surface area contributed by atoms with Gasteiger partial charge in [0.25, 0.3) is 5.91 Å². The topological polar surface area (TPSA) is 73.4 Å². The van der Waals surface area contributed by atoms with Gasteiger partial charge < -0.3 is 19.9 Å². The Kier molecular flexibility index (Phi) is 4.12. The predicted octanol–water partition coefficient (Wildman–Crippen LogP) is 2.68. The number of aryl methyl sites for hydroxylation is 1. The van der Waals surface area contributed by atoms with Gasteiger partial charge in [0.15, 0.2) is 0 Å². The minimum absolute atomic E-state index is 0.0384. The standard InChI is InChI=1S/C20H22N4O2/c1-13-19(14-6-3-4-8-16(14)23(13)2)20(25)24-10-11-26-17(12-24)15-7-5-9-18(21)22-15/h3-9,17H,10-12H2,1-2H3,(H2,21,22). The van der Waals surface area contributed by atoms with Crippen molar-refractivity contribution in [3.8, 4) is 0 Å². The Morgan fingerprint density at radius 1 is 1.23 bits per heavy atom. The van der Waals surface area contributed by atoms with E-state index >= 15 is 0 Å². The van der Waals surface area contributed by atoms with Crippen molar-refractivity contribution in [1.29, 1.82) is 0 Å². The lowest BCUT2D eigenvalue weighted by molar-refractivity contribution is -0.0246. The Morgan fingerprint density at radius 2 is 2.04 bits per heavy atom. The van der Waals surface area contributed by atoms with Crippen LogP contribution in [0.4, 0.5) is 5.82 Å². The zero-order valence-electron chi connectivity index (χ0n) is 15.0. The molecule has 4 rings (SSSR count). The zero-order chi connectivity index (χ0) is 18.3. The Bertz CT molecular complexity index is 979. The molecular formula is C20H22N4O2. The quantitative estimate of drug-likeness (QED) is 0.771. The molecule has 1 aliphatic rings. The van der Waals surface area contributed by atoms with Crippen molar-refractivity contribution in [2.24, 2.45) is 7.05 Å². The van der Waals surface area contributed by atoms with Crippen LogP contribution in [0.2, 0.25) is 0 Å². The lowest BCUT2D eigenvalue weighted by Gasteiger charge is -2.33. The first kappa shape index (κ1) is 16.6. The highest BCUT2D eigenvalue weighted by atomic mass is 16.5. The fraction of sp³-hybridized carbons (Fsp3) is 0.300. The van der Waals surface area contributed by atoms with Gasteiger partial charge in [-0.3, -0.25) is 4.79 Å². The fourth-order valence-corrected chi connectivity index (χ4v) is 3.61. The predicted molar refractivity (Wildman–Crippen MR) is 101 cm³/mol. The molecule has 1 aliphatic heterocycles. The summed E-state index contributed by atoms with van der Waals surface area (Å²) in [5.74, 6) is 0.496. The van der Waals surface area contributed by atoms with Crippen molar-refractivity contribution in [3.63, 3.8) is 0 Å². The maximum Gasteiger partial charge on any atom is 0.256 e. The van der Waals surface area contributed by atoms with Gasteiger partial charge in [0.2, 0.25) is 0 Å². The SMILES string of the molecule is Cc1c(C(=O)N2CCOC(c3cccc(N)n3)C2)c2ccccc2n1C. The highest BCUT2D eigenvalue weighted by Gasteiger charge is 2.29. The average molecular weight is 350 g/mol. The first-order valence-corrected chi connectivity index (χ1v) is 8.73. The molecule has 1 unspecified atom stereocenters. The summed E-state index contributed by atoms with van der Waals surface area (Å²) in [6.07, 6.45) is -0.258. The van der Waals surface area contributed by atoms with Crippen LogP contribution in [-0.4, -0.2) is 40.1 Å². The number of carbonyl (C=O) groups is 1. The van der Waals surface area contributed by atoms with Gasteiger partial charge in [-0.25, -0.2) is 4.98 Å². The third kappa shape index (κ3) is 2.72. The van der Waals surface area contributed by atoms with Gasteiger partial charge >= 0.3 is 0 Å². The third-order valence-corrected chi connectivity index (χ3v) is 5.09. The molecule has 6 heteroatoms. The van der Waals surface area contributed by atoms with Crippen molar-refractivity contribution < 1.29 is 9.53 Å². The average Bonchev–Trinajstić information content (AvgIpc) is 2.92. The second-order valence-corrected chi connectivity index (χ2v) is 6.63. The van der Waals surface area contributed by atoms with Crippen LogP contribution in [0.15, 0.2) is 42.5 Å². The molecule has 0 radical (unpaired) electrons. The van der Waals surface area contributed by atoms with E-state index in [1.807, 2.05) is 55.3 Å². The van der Waals surface area contributed by atoms with E-state index in [0.29, 0.717) is 25.5 Å². The molecule has 134 valence electrons. The normalized spacial score (nSPS) is 17.6. The number of pyridine rings is 1. The second kappa shape index (κ2) is 6.46. The number of aromatic nitrogens is 2. The van der Waals surface area contributed by atoms with Gasteiger partial charge in [-0.2, -0.15) is 0 Å². The molecule has 2 aromatic heterocycles. The van der Waals surface area contributed by atoms with Gasteiger partial charge in [-0.05, 0) is 25.1 Å². The molecule has 26 heavy (non-hydrogen) atoms. The van der Waals surface area contributed by atoms with Crippen LogP contribution in [0.5, 0.6) is 0 Å². The van der Waals surface area contributed by atoms with Gasteiger partial charge in [0.05, 0.1) is 24.4 Å². The van der Waals surface area contributed by atoms with Crippen molar-refractivity contribution in [3.05, 3.63) is 59.4 Å². The third-order valence-electron chi connectivity index (χ3n) is 5.09. The molecule has 3 heterocycles. The number of anilines is 1. The minimum atomic E-state index is -0.258. The van der Waals surface area contributed by atoms with E-state index < -0.39 is 0 Å². The summed E-state index contributed by atoms with van der Waals surface area (Å²) in [4.78, 5) is 19.5. The number of nitrogen functional groups attached to an aromatic ring is 1. The van der Waals surface area contributed by atoms with E-state index in [1.54, 1.807) is 6.07 Å². The maximum absolute atomic E-state index is 13.3. The maximum atomic E-state index is 13.3. The summed E-state index contributed by atoms with van der Waals surface area (Å²) in [7, 11) is 1.99. The molecule has 3 aromatic rings. The van der Waals surface area contributed by atoms with E-state index in [4.69, 9.17) is 10.5 Å². The van der Waals surface area contributed by atoms with Crippen molar-refractivity contribution >= 4 is 22.6 Å². The molecule has 0 saturated carbocycles. The number of fused-ring (bicyclic) bond motifs is 1. The summed E-state index contributed by atoms with van der Waals surface area (Å²) in [6.45, 7) is 3.51. The Balaban J connectivity index is 1.66. The zero-order valence-corrected chi connectivity index (χ0v) is 15.0. The smallest absolute Gasteiger partial charge is 0.256 e. The number of nitrogens with two attached hydrogens (primary N) is 1. The lowest BCUT2D eigenvalue weighted by Crippen LogP contribution is -2.42. The number of carbonyl (C=O) groups excluding carboxylic acids is 1. The number of ether oxygens (including phenoxy) is 1. The number of para-hydroxylation sites is 1. The van der Waals surface area contributed by atoms with E-state index in [2.05, 4.69) is 9.55 Å². The van der Waals surface area contributed by atoms with E-state index in [1.165, 1.54) is 0 Å². The van der Waals surface area contributed by atoms with Crippen LogP contribution in [0, 0.1) is 6.92 Å². The highest BCUT2D eigenvalue weighted by molar-refractivity contribution is 6.08. The number of morpholine rings is 1. The van der Waals surface area contributed by atoms with E-state index in [0.717, 1.165) is 27.9 Å². The molecule has 1 saturated heterocycles. The van der Waals surface area contributed by atoms with Crippen LogP contribution in [0.3, 0.4) is 0 Å². The summed E-state index contributed by atoms with van der Waals surface area (Å²) >= 11 is 0. The Hall–Kier alpha value is -2.86. The van der Waals surface area contributed by atoms with Crippen LogP contribution in [-0.2, 0) is 11.8 Å². The Morgan fingerprint density at radius 3 is 2.85 bits per heavy atom. The molecule has 0 aliphatic carbocycles. The molecular weight excluding hydrogens is 328 g/mol. The number of benzene rings is 1. The van der Waals surface area contributed by atoms with Crippen molar-refractivity contribution in [2.45, 2.75) is 13.0 Å². The number of hydrogen-bond donors (Lipinski definition) is 1. The van der Waals surface area contributed by atoms with Crippen LogP contribution in [0.1, 0.15) is 27.8 Å². The molecule has 0 bridgehead atoms. The number of rotatable bonds is 2. The molecule has 1 atom stereocenters. The summed E-state index contributed by atoms with van der Waals surface area (Å²) in [5, 5.41) is 0.989. The number of nitrogens with zero attached hydrogens (tertiary/aromatic N) is 3. The van der Waals surface area contributed by atoms with E-state index in [-0.39, 0.29) is 12.0 Å². The Labute approximate surface area is 152 Å². The molecule has 6 nitrogen and oxygen atoms in total. The van der Waals surface area contributed by atoms with Gasteiger partial charge in [-0.1, -0.05) is 24.3 Å². The van der Waals surface area contributed by atoms with Gasteiger partial charge in [0.1, 0.15) is 11.9 Å². The fourth-order valence-electron chi connectivity index (χ4n) is 3.61. The lowest BCUT2D eigenvalue weighted by atomic mass is 10.1. The molecule has 1 fully saturated rings. The summed E-state index contributed by atoms with van der Waals surface area (Å²) < 4.78 is 7.91. The second-order valence-electron chi connectivity index (χ2n) is 6.63. The largest absolute Gasteiger partial charge is 0.384 e. The van der Waals surface area contributed by atoms with Crippen molar-refractivity contribution in [1.82, 2.24) is 14.5 Å². The van der Waals surface area contributed by atoms with Crippen LogP contribution in [0.25, 0.3) is 10.9 Å². The number of amides is 1. The first-order valence-electron chi connectivity index (χ1n) is 8.73. The van der Waals surface area contributed by atoms with Gasteiger partial charge in [-0.15, -0.1) is 0 Å². The molecule has 0 spiro atoms. The summed E-state index contributed by atoms with van der Waals surface area (Å²) in [5.41, 5.74) is 9.35. The van der Waals surface area contributed by atoms with E-state index in [9.17, 15) is 4.79 Å². The first-order chi connectivity index (χ1) is 12.6. The van der Waals surface area contributed by atoms with Crippen LogP contribution >= 0.6 is 0 Å².